The third-order valence-electron chi connectivity index (χ3n) is 4.14. The lowest BCUT2D eigenvalue weighted by Crippen LogP contribution is -2.37. The van der Waals surface area contributed by atoms with E-state index in [9.17, 15) is 13.9 Å². The van der Waals surface area contributed by atoms with Gasteiger partial charge in [0.2, 0.25) is 0 Å². The van der Waals surface area contributed by atoms with Gasteiger partial charge in [-0.2, -0.15) is 0 Å². The van der Waals surface area contributed by atoms with Crippen LogP contribution in [-0.2, 0) is 0 Å². The first kappa shape index (κ1) is 15.1. The average Bonchev–Trinajstić information content (AvgIpc) is 3.02. The summed E-state index contributed by atoms with van der Waals surface area (Å²) in [5.41, 5.74) is -0.249. The van der Waals surface area contributed by atoms with Crippen LogP contribution in [0.15, 0.2) is 30.6 Å². The summed E-state index contributed by atoms with van der Waals surface area (Å²) < 4.78 is 29.2. The highest BCUT2D eigenvalue weighted by molar-refractivity contribution is 5.22. The SMILES string of the molecule is O[C@H](CN1CCC(n2ccnn2)CC1)c1c(F)cccc1F. The minimum absolute atomic E-state index is 0.224. The molecule has 0 unspecified atom stereocenters. The molecule has 0 bridgehead atoms. The summed E-state index contributed by atoms with van der Waals surface area (Å²) in [7, 11) is 0. The highest BCUT2D eigenvalue weighted by Crippen LogP contribution is 2.25. The van der Waals surface area contributed by atoms with Crippen molar-refractivity contribution in [2.24, 2.45) is 0 Å². The summed E-state index contributed by atoms with van der Waals surface area (Å²) in [5, 5.41) is 17.9. The van der Waals surface area contributed by atoms with Crippen LogP contribution in [0.2, 0.25) is 0 Å². The molecule has 118 valence electrons. The maximum Gasteiger partial charge on any atom is 0.131 e. The molecule has 1 aliphatic rings. The van der Waals surface area contributed by atoms with Gasteiger partial charge in [-0.25, -0.2) is 13.5 Å². The summed E-state index contributed by atoms with van der Waals surface area (Å²) in [4.78, 5) is 2.02. The van der Waals surface area contributed by atoms with Crippen molar-refractivity contribution in [2.75, 3.05) is 19.6 Å². The fourth-order valence-electron chi connectivity index (χ4n) is 2.94. The minimum Gasteiger partial charge on any atom is -0.387 e. The summed E-state index contributed by atoms with van der Waals surface area (Å²) in [6.07, 6.45) is 4.07. The lowest BCUT2D eigenvalue weighted by Gasteiger charge is -2.33. The molecule has 1 fully saturated rings. The monoisotopic (exact) mass is 308 g/mol. The molecule has 2 aromatic rings. The molecule has 1 saturated heterocycles. The van der Waals surface area contributed by atoms with Crippen LogP contribution in [0, 0.1) is 11.6 Å². The minimum atomic E-state index is -1.16. The van der Waals surface area contributed by atoms with Crippen molar-refractivity contribution in [1.29, 1.82) is 0 Å². The van der Waals surface area contributed by atoms with Gasteiger partial charge < -0.3 is 10.0 Å². The number of aliphatic hydroxyl groups excluding tert-OH is 1. The number of aromatic nitrogens is 3. The molecular weight excluding hydrogens is 290 g/mol. The first-order chi connectivity index (χ1) is 10.6. The number of piperidine rings is 1. The van der Waals surface area contributed by atoms with E-state index in [0.717, 1.165) is 25.9 Å². The Hall–Kier alpha value is -1.86. The third-order valence-corrected chi connectivity index (χ3v) is 4.14. The second kappa shape index (κ2) is 6.50. The molecule has 2 heterocycles. The molecule has 1 atom stereocenters. The van der Waals surface area contributed by atoms with Crippen molar-refractivity contribution in [3.8, 4) is 0 Å². The van der Waals surface area contributed by atoms with Gasteiger partial charge in [0.15, 0.2) is 0 Å². The van der Waals surface area contributed by atoms with E-state index >= 15 is 0 Å². The van der Waals surface area contributed by atoms with Gasteiger partial charge in [-0.1, -0.05) is 11.3 Å². The van der Waals surface area contributed by atoms with Crippen molar-refractivity contribution in [3.63, 3.8) is 0 Å². The Bertz CT molecular complexity index is 592. The van der Waals surface area contributed by atoms with E-state index in [1.165, 1.54) is 18.2 Å². The van der Waals surface area contributed by atoms with Crippen LogP contribution in [-0.4, -0.2) is 44.6 Å². The van der Waals surface area contributed by atoms with Gasteiger partial charge in [-0.15, -0.1) is 5.10 Å². The van der Waals surface area contributed by atoms with Crippen molar-refractivity contribution < 1.29 is 13.9 Å². The Labute approximate surface area is 127 Å². The topological polar surface area (TPSA) is 54.2 Å². The maximum atomic E-state index is 13.7. The molecule has 0 radical (unpaired) electrons. The van der Waals surface area contributed by atoms with E-state index in [1.54, 1.807) is 6.20 Å². The average molecular weight is 308 g/mol. The second-order valence-corrected chi connectivity index (χ2v) is 5.57. The molecule has 1 aliphatic heterocycles. The van der Waals surface area contributed by atoms with Gasteiger partial charge in [0.1, 0.15) is 11.6 Å². The molecule has 22 heavy (non-hydrogen) atoms. The lowest BCUT2D eigenvalue weighted by molar-refractivity contribution is 0.0841. The molecule has 1 aromatic heterocycles. The van der Waals surface area contributed by atoms with E-state index in [1.807, 2.05) is 15.8 Å². The van der Waals surface area contributed by atoms with Crippen LogP contribution in [0.1, 0.15) is 30.6 Å². The number of likely N-dealkylation sites (tertiary alicyclic amines) is 1. The van der Waals surface area contributed by atoms with E-state index < -0.39 is 17.7 Å². The van der Waals surface area contributed by atoms with Crippen molar-refractivity contribution in [1.82, 2.24) is 19.9 Å². The smallest absolute Gasteiger partial charge is 0.131 e. The number of β-amino-alcohol motifs (C(OH)–C–C–N with tert-alkyl or cyclic N) is 1. The van der Waals surface area contributed by atoms with Crippen LogP contribution in [0.25, 0.3) is 0 Å². The quantitative estimate of drug-likeness (QED) is 0.938. The summed E-state index contributed by atoms with van der Waals surface area (Å²) >= 11 is 0. The number of hydrogen-bond donors (Lipinski definition) is 1. The standard InChI is InChI=1S/C15H18F2N4O/c16-12-2-1-3-13(17)15(12)14(22)10-20-7-4-11(5-8-20)21-9-6-18-19-21/h1-3,6,9,11,14,22H,4-5,7-8,10H2/t14-/m1/s1. The summed E-state index contributed by atoms with van der Waals surface area (Å²) in [6.45, 7) is 1.72. The lowest BCUT2D eigenvalue weighted by atomic mass is 10.0. The molecule has 1 N–H and O–H groups in total. The molecule has 0 spiro atoms. The Kier molecular flexibility index (Phi) is 4.44. The number of nitrogens with zero attached hydrogens (tertiary/aromatic N) is 4. The van der Waals surface area contributed by atoms with Crippen LogP contribution in [0.5, 0.6) is 0 Å². The third kappa shape index (κ3) is 3.15. The number of benzene rings is 1. The fraction of sp³-hybridized carbons (Fsp3) is 0.467. The van der Waals surface area contributed by atoms with Crippen LogP contribution in [0.4, 0.5) is 8.78 Å². The van der Waals surface area contributed by atoms with Crippen molar-refractivity contribution in [3.05, 3.63) is 47.8 Å². The highest BCUT2D eigenvalue weighted by Gasteiger charge is 2.25. The van der Waals surface area contributed by atoms with E-state index in [2.05, 4.69) is 10.3 Å². The zero-order valence-electron chi connectivity index (χ0n) is 12.1. The van der Waals surface area contributed by atoms with Gasteiger partial charge in [0.05, 0.1) is 23.9 Å². The zero-order valence-corrected chi connectivity index (χ0v) is 12.1. The molecule has 5 nitrogen and oxygen atoms in total. The maximum absolute atomic E-state index is 13.7. The van der Waals surface area contributed by atoms with E-state index in [4.69, 9.17) is 0 Å². The predicted molar refractivity (Wildman–Crippen MR) is 76.1 cm³/mol. The Balaban J connectivity index is 1.58. The molecule has 0 saturated carbocycles. The number of aliphatic hydroxyl groups is 1. The van der Waals surface area contributed by atoms with Gasteiger partial charge in [-0.3, -0.25) is 0 Å². The summed E-state index contributed by atoms with van der Waals surface area (Å²) in [5.74, 6) is -1.41. The van der Waals surface area contributed by atoms with E-state index in [-0.39, 0.29) is 12.1 Å². The van der Waals surface area contributed by atoms with Gasteiger partial charge in [0, 0.05) is 25.8 Å². The number of halogens is 2. The van der Waals surface area contributed by atoms with Crippen LogP contribution >= 0.6 is 0 Å². The first-order valence-electron chi connectivity index (χ1n) is 7.35. The highest BCUT2D eigenvalue weighted by atomic mass is 19.1. The summed E-state index contributed by atoms with van der Waals surface area (Å²) in [6, 6.07) is 3.92. The largest absolute Gasteiger partial charge is 0.387 e. The molecule has 0 aliphatic carbocycles. The molecule has 7 heteroatoms. The Morgan fingerprint density at radius 2 is 1.91 bits per heavy atom. The van der Waals surface area contributed by atoms with Gasteiger partial charge in [0.25, 0.3) is 0 Å². The molecule has 3 rings (SSSR count). The van der Waals surface area contributed by atoms with Crippen LogP contribution < -0.4 is 0 Å². The molecule has 0 amide bonds. The normalized spacial score (nSPS) is 18.5. The van der Waals surface area contributed by atoms with Gasteiger partial charge >= 0.3 is 0 Å². The van der Waals surface area contributed by atoms with Crippen molar-refractivity contribution in [2.45, 2.75) is 25.0 Å². The van der Waals surface area contributed by atoms with Crippen molar-refractivity contribution >= 4 is 0 Å². The number of hydrogen-bond acceptors (Lipinski definition) is 4. The zero-order chi connectivity index (χ0) is 15.5. The van der Waals surface area contributed by atoms with Crippen LogP contribution in [0.3, 0.4) is 0 Å². The Morgan fingerprint density at radius 1 is 1.23 bits per heavy atom. The molecule has 1 aromatic carbocycles. The number of rotatable bonds is 4. The van der Waals surface area contributed by atoms with Gasteiger partial charge in [-0.05, 0) is 25.0 Å². The first-order valence-corrected chi connectivity index (χ1v) is 7.35. The Morgan fingerprint density at radius 3 is 2.50 bits per heavy atom. The van der Waals surface area contributed by atoms with E-state index in [0.29, 0.717) is 6.04 Å². The fourth-order valence-corrected chi connectivity index (χ4v) is 2.94. The second-order valence-electron chi connectivity index (χ2n) is 5.57. The molecular formula is C15H18F2N4O. The predicted octanol–water partition coefficient (Wildman–Crippen LogP) is 1.93.